The monoisotopic (exact) mass is 377 g/mol. The number of rotatable bonds is 7. The van der Waals surface area contributed by atoms with E-state index in [1.165, 1.54) is 11.3 Å². The van der Waals surface area contributed by atoms with E-state index in [9.17, 15) is 9.59 Å². The van der Waals surface area contributed by atoms with Crippen LogP contribution in [0.5, 0.6) is 0 Å². The second-order valence-corrected chi connectivity index (χ2v) is 7.85. The molecule has 0 radical (unpaired) electrons. The predicted octanol–water partition coefficient (Wildman–Crippen LogP) is 3.88. The van der Waals surface area contributed by atoms with Crippen LogP contribution in [0.1, 0.15) is 53.0 Å². The van der Waals surface area contributed by atoms with Gasteiger partial charge in [0.25, 0.3) is 0 Å². The van der Waals surface area contributed by atoms with E-state index in [0.717, 1.165) is 29.1 Å². The summed E-state index contributed by atoms with van der Waals surface area (Å²) in [5, 5.41) is 8.09. The first kappa shape index (κ1) is 20.2. The molecule has 0 unspecified atom stereocenters. The molecule has 1 N–H and O–H groups in total. The number of anilines is 1. The third kappa shape index (κ3) is 4.72. The normalized spacial score (nSPS) is 11.0. The molecule has 2 aromatic heterocycles. The van der Waals surface area contributed by atoms with Crippen molar-refractivity contribution in [2.45, 2.75) is 54.5 Å². The van der Waals surface area contributed by atoms with Crippen molar-refractivity contribution in [1.82, 2.24) is 9.78 Å². The Balaban J connectivity index is 2.09. The molecule has 0 bridgehead atoms. The van der Waals surface area contributed by atoms with Gasteiger partial charge in [-0.1, -0.05) is 13.8 Å². The van der Waals surface area contributed by atoms with Gasteiger partial charge in [0.15, 0.2) is 0 Å². The molecule has 2 heterocycles. The Labute approximate surface area is 158 Å². The number of aryl methyl sites for hydroxylation is 2. The minimum Gasteiger partial charge on any atom is -0.462 e. The van der Waals surface area contributed by atoms with E-state index in [1.54, 1.807) is 13.0 Å². The largest absolute Gasteiger partial charge is 0.462 e. The maximum Gasteiger partial charge on any atom is 0.348 e. The Kier molecular flexibility index (Phi) is 6.58. The van der Waals surface area contributed by atoms with Crippen LogP contribution in [-0.2, 0) is 22.5 Å². The van der Waals surface area contributed by atoms with Crippen LogP contribution in [0.25, 0.3) is 0 Å². The van der Waals surface area contributed by atoms with Crippen molar-refractivity contribution in [3.05, 3.63) is 33.5 Å². The van der Waals surface area contributed by atoms with Crippen LogP contribution in [0.2, 0.25) is 0 Å². The van der Waals surface area contributed by atoms with Gasteiger partial charge in [0.2, 0.25) is 5.91 Å². The van der Waals surface area contributed by atoms with E-state index in [1.807, 2.05) is 25.5 Å². The van der Waals surface area contributed by atoms with Crippen LogP contribution < -0.4 is 5.32 Å². The van der Waals surface area contributed by atoms with Gasteiger partial charge in [-0.3, -0.25) is 9.48 Å². The van der Waals surface area contributed by atoms with Crippen molar-refractivity contribution in [3.8, 4) is 0 Å². The fraction of sp³-hybridized carbons (Fsp3) is 0.526. The van der Waals surface area contributed by atoms with Gasteiger partial charge < -0.3 is 10.1 Å². The lowest BCUT2D eigenvalue weighted by atomic mass is 10.1. The third-order valence-corrected chi connectivity index (χ3v) is 5.18. The van der Waals surface area contributed by atoms with Crippen molar-refractivity contribution in [2.24, 2.45) is 5.92 Å². The Morgan fingerprint density at radius 3 is 2.62 bits per heavy atom. The Hall–Kier alpha value is -2.15. The Bertz CT molecular complexity index is 805. The van der Waals surface area contributed by atoms with Crippen molar-refractivity contribution in [2.75, 3.05) is 11.9 Å². The van der Waals surface area contributed by atoms with Crippen LogP contribution in [-0.4, -0.2) is 28.3 Å². The van der Waals surface area contributed by atoms with Gasteiger partial charge in [0, 0.05) is 17.8 Å². The molecule has 0 fully saturated rings. The lowest BCUT2D eigenvalue weighted by molar-refractivity contribution is -0.115. The number of hydrogen-bond donors (Lipinski definition) is 1. The highest BCUT2D eigenvalue weighted by Gasteiger charge is 2.18. The van der Waals surface area contributed by atoms with E-state index in [0.29, 0.717) is 22.4 Å². The zero-order chi connectivity index (χ0) is 19.4. The van der Waals surface area contributed by atoms with Crippen molar-refractivity contribution in [3.63, 3.8) is 0 Å². The molecule has 0 aromatic carbocycles. The number of hydrogen-bond acceptors (Lipinski definition) is 5. The van der Waals surface area contributed by atoms with Gasteiger partial charge in [-0.25, -0.2) is 4.79 Å². The molecule has 2 rings (SSSR count). The smallest absolute Gasteiger partial charge is 0.348 e. The minimum atomic E-state index is -0.350. The molecule has 1 amide bonds. The number of thiophene rings is 1. The Morgan fingerprint density at radius 2 is 2.00 bits per heavy atom. The second-order valence-electron chi connectivity index (χ2n) is 6.79. The zero-order valence-electron chi connectivity index (χ0n) is 16.3. The van der Waals surface area contributed by atoms with Crippen LogP contribution in [0.15, 0.2) is 6.07 Å². The zero-order valence-corrected chi connectivity index (χ0v) is 17.1. The number of aromatic nitrogens is 2. The van der Waals surface area contributed by atoms with E-state index < -0.39 is 0 Å². The summed E-state index contributed by atoms with van der Waals surface area (Å²) in [5.74, 6) is 0.0270. The molecule has 0 aliphatic heterocycles. The highest BCUT2D eigenvalue weighted by Crippen LogP contribution is 2.27. The SMILES string of the molecule is CCOC(=O)c1sc(NC(=O)Cc2c(C)nn(CC(C)C)c2C)cc1C. The lowest BCUT2D eigenvalue weighted by Crippen LogP contribution is -2.15. The predicted molar refractivity (Wildman–Crippen MR) is 104 cm³/mol. The number of carbonyl (C=O) groups is 2. The Morgan fingerprint density at radius 1 is 1.31 bits per heavy atom. The molecule has 0 saturated carbocycles. The first-order valence-corrected chi connectivity index (χ1v) is 9.64. The third-order valence-electron chi connectivity index (χ3n) is 4.05. The van der Waals surface area contributed by atoms with E-state index in [-0.39, 0.29) is 18.3 Å². The average Bonchev–Trinajstić information content (AvgIpc) is 3.02. The topological polar surface area (TPSA) is 73.2 Å². The van der Waals surface area contributed by atoms with Crippen molar-refractivity contribution < 1.29 is 14.3 Å². The second kappa shape index (κ2) is 8.49. The molecule has 0 aliphatic rings. The summed E-state index contributed by atoms with van der Waals surface area (Å²) in [7, 11) is 0. The number of carbonyl (C=O) groups excluding carboxylic acids is 2. The molecule has 0 atom stereocenters. The average molecular weight is 378 g/mol. The van der Waals surface area contributed by atoms with Gasteiger partial charge >= 0.3 is 5.97 Å². The summed E-state index contributed by atoms with van der Waals surface area (Å²) in [6, 6.07) is 1.80. The number of nitrogens with one attached hydrogen (secondary N) is 1. The molecule has 0 spiro atoms. The molecule has 6 nitrogen and oxygen atoms in total. The quantitative estimate of drug-likeness (QED) is 0.743. The molecule has 0 saturated heterocycles. The first-order chi connectivity index (χ1) is 12.2. The van der Waals surface area contributed by atoms with Crippen LogP contribution in [0.3, 0.4) is 0 Å². The van der Waals surface area contributed by atoms with Crippen LogP contribution >= 0.6 is 11.3 Å². The first-order valence-electron chi connectivity index (χ1n) is 8.83. The summed E-state index contributed by atoms with van der Waals surface area (Å²) < 4.78 is 7.01. The fourth-order valence-electron chi connectivity index (χ4n) is 2.80. The maximum atomic E-state index is 12.5. The van der Waals surface area contributed by atoms with E-state index >= 15 is 0 Å². The highest BCUT2D eigenvalue weighted by atomic mass is 32.1. The molecule has 2 aromatic rings. The van der Waals surface area contributed by atoms with Crippen LogP contribution in [0, 0.1) is 26.7 Å². The standard InChI is InChI=1S/C19H27N3O3S/c1-7-25-19(24)18-12(4)8-17(26-18)20-16(23)9-15-13(5)21-22(14(15)6)10-11(2)3/h8,11H,7,9-10H2,1-6H3,(H,20,23). The molecular formula is C19H27N3O3S. The van der Waals surface area contributed by atoms with E-state index in [2.05, 4.69) is 24.3 Å². The van der Waals surface area contributed by atoms with E-state index in [4.69, 9.17) is 4.74 Å². The maximum absolute atomic E-state index is 12.5. The lowest BCUT2D eigenvalue weighted by Gasteiger charge is -2.08. The summed E-state index contributed by atoms with van der Waals surface area (Å²) in [6.45, 7) is 13.0. The van der Waals surface area contributed by atoms with Gasteiger partial charge in [-0.2, -0.15) is 5.10 Å². The molecule has 0 aliphatic carbocycles. The summed E-state index contributed by atoms with van der Waals surface area (Å²) in [6.07, 6.45) is 0.265. The number of amides is 1. The molecule has 7 heteroatoms. The van der Waals surface area contributed by atoms with Crippen molar-refractivity contribution in [1.29, 1.82) is 0 Å². The summed E-state index contributed by atoms with van der Waals surface area (Å²) >= 11 is 1.24. The number of ether oxygens (including phenoxy) is 1. The van der Waals surface area contributed by atoms with Crippen molar-refractivity contribution >= 4 is 28.2 Å². The van der Waals surface area contributed by atoms with Gasteiger partial charge in [0.05, 0.1) is 23.7 Å². The minimum absolute atomic E-state index is 0.114. The number of nitrogens with zero attached hydrogens (tertiary/aromatic N) is 2. The van der Waals surface area contributed by atoms with Gasteiger partial charge in [-0.15, -0.1) is 11.3 Å². The summed E-state index contributed by atoms with van der Waals surface area (Å²) in [5.41, 5.74) is 3.68. The van der Waals surface area contributed by atoms with Gasteiger partial charge in [-0.05, 0) is 45.2 Å². The van der Waals surface area contributed by atoms with Crippen LogP contribution in [0.4, 0.5) is 5.00 Å². The summed E-state index contributed by atoms with van der Waals surface area (Å²) in [4.78, 5) is 24.9. The molecule has 26 heavy (non-hydrogen) atoms. The molecule has 142 valence electrons. The van der Waals surface area contributed by atoms with Gasteiger partial charge in [0.1, 0.15) is 4.88 Å². The number of esters is 1. The fourth-order valence-corrected chi connectivity index (χ4v) is 3.78. The highest BCUT2D eigenvalue weighted by molar-refractivity contribution is 7.18. The molecular weight excluding hydrogens is 350 g/mol.